The second-order valence-corrected chi connectivity index (χ2v) is 3.46. The van der Waals surface area contributed by atoms with Crippen molar-refractivity contribution in [3.8, 4) is 6.07 Å². The molecule has 15 heavy (non-hydrogen) atoms. The number of rotatable bonds is 5. The van der Waals surface area contributed by atoms with Crippen LogP contribution in [0.3, 0.4) is 0 Å². The number of carbonyl (C=O) groups excluding carboxylic acids is 1. The van der Waals surface area contributed by atoms with Gasteiger partial charge >= 0.3 is 0 Å². The summed E-state index contributed by atoms with van der Waals surface area (Å²) < 4.78 is 5.22. The molecule has 0 aromatic rings. The molecule has 1 rings (SSSR count). The normalized spacial score (nSPS) is 17.0. The zero-order valence-electron chi connectivity index (χ0n) is 8.87. The molecular weight excluding hydrogens is 194 g/mol. The predicted molar refractivity (Wildman–Crippen MR) is 55.1 cm³/mol. The van der Waals surface area contributed by atoms with Gasteiger partial charge in [0, 0.05) is 39.0 Å². The molecule has 0 aromatic heterocycles. The van der Waals surface area contributed by atoms with E-state index < -0.39 is 0 Å². The standard InChI is InChI=1S/C10H17N3O2/c11-3-1-2-10(14)12-4-5-13-6-8-15-9-7-13/h1-2,4-9H2,(H,12,14). The minimum Gasteiger partial charge on any atom is -0.379 e. The van der Waals surface area contributed by atoms with Crippen LogP contribution in [0.4, 0.5) is 0 Å². The molecule has 0 aliphatic carbocycles. The van der Waals surface area contributed by atoms with Gasteiger partial charge in [-0.2, -0.15) is 5.26 Å². The predicted octanol–water partition coefficient (Wildman–Crippen LogP) is -0.261. The van der Waals surface area contributed by atoms with Crippen LogP contribution >= 0.6 is 0 Å². The largest absolute Gasteiger partial charge is 0.379 e. The molecule has 1 aliphatic heterocycles. The molecule has 1 amide bonds. The molecule has 1 heterocycles. The summed E-state index contributed by atoms with van der Waals surface area (Å²) in [6, 6.07) is 1.95. The van der Waals surface area contributed by atoms with Crippen molar-refractivity contribution in [1.82, 2.24) is 10.2 Å². The molecule has 1 N–H and O–H groups in total. The summed E-state index contributed by atoms with van der Waals surface area (Å²) in [4.78, 5) is 13.4. The highest BCUT2D eigenvalue weighted by Gasteiger charge is 2.09. The van der Waals surface area contributed by atoms with Gasteiger partial charge in [-0.05, 0) is 0 Å². The topological polar surface area (TPSA) is 65.4 Å². The van der Waals surface area contributed by atoms with Gasteiger partial charge in [0.05, 0.1) is 19.3 Å². The zero-order valence-corrected chi connectivity index (χ0v) is 8.87. The lowest BCUT2D eigenvalue weighted by Crippen LogP contribution is -2.41. The van der Waals surface area contributed by atoms with E-state index in [0.29, 0.717) is 19.4 Å². The van der Waals surface area contributed by atoms with Crippen molar-refractivity contribution in [2.75, 3.05) is 39.4 Å². The van der Waals surface area contributed by atoms with Crippen molar-refractivity contribution in [2.45, 2.75) is 12.8 Å². The lowest BCUT2D eigenvalue weighted by molar-refractivity contribution is -0.121. The number of nitrogens with one attached hydrogen (secondary N) is 1. The Morgan fingerprint density at radius 3 is 2.87 bits per heavy atom. The van der Waals surface area contributed by atoms with Crippen LogP contribution < -0.4 is 5.32 Å². The third-order valence-electron chi connectivity index (χ3n) is 2.32. The fourth-order valence-corrected chi connectivity index (χ4v) is 1.44. The van der Waals surface area contributed by atoms with E-state index in [2.05, 4.69) is 10.2 Å². The van der Waals surface area contributed by atoms with Crippen LogP contribution in [-0.4, -0.2) is 50.2 Å². The fraction of sp³-hybridized carbons (Fsp3) is 0.800. The lowest BCUT2D eigenvalue weighted by Gasteiger charge is -2.26. The maximum absolute atomic E-state index is 11.1. The third kappa shape index (κ3) is 5.35. The van der Waals surface area contributed by atoms with Gasteiger partial charge in [0.25, 0.3) is 0 Å². The minimum absolute atomic E-state index is 0.0372. The first kappa shape index (κ1) is 12.0. The Bertz CT molecular complexity index is 231. The van der Waals surface area contributed by atoms with Crippen LogP contribution in [0.15, 0.2) is 0 Å². The SMILES string of the molecule is N#CCCC(=O)NCCN1CCOCC1. The number of ether oxygens (including phenoxy) is 1. The molecule has 0 unspecified atom stereocenters. The highest BCUT2D eigenvalue weighted by molar-refractivity contribution is 5.76. The van der Waals surface area contributed by atoms with Gasteiger partial charge in [-0.3, -0.25) is 9.69 Å². The molecule has 0 aromatic carbocycles. The number of carbonyl (C=O) groups is 1. The van der Waals surface area contributed by atoms with E-state index >= 15 is 0 Å². The molecule has 84 valence electrons. The quantitative estimate of drug-likeness (QED) is 0.680. The van der Waals surface area contributed by atoms with Gasteiger partial charge in [0.15, 0.2) is 0 Å². The number of morpholine rings is 1. The van der Waals surface area contributed by atoms with Crippen molar-refractivity contribution >= 4 is 5.91 Å². The van der Waals surface area contributed by atoms with E-state index in [0.717, 1.165) is 32.8 Å². The third-order valence-corrected chi connectivity index (χ3v) is 2.32. The summed E-state index contributed by atoms with van der Waals surface area (Å²) in [5.74, 6) is -0.0372. The molecular formula is C10H17N3O2. The van der Waals surface area contributed by atoms with Crippen molar-refractivity contribution in [2.24, 2.45) is 0 Å². The number of amides is 1. The first-order valence-corrected chi connectivity index (χ1v) is 5.26. The molecule has 1 saturated heterocycles. The van der Waals surface area contributed by atoms with Crippen LogP contribution in [0, 0.1) is 11.3 Å². The summed E-state index contributed by atoms with van der Waals surface area (Å²) in [6.45, 7) is 4.96. The second kappa shape index (κ2) is 7.21. The summed E-state index contributed by atoms with van der Waals surface area (Å²) >= 11 is 0. The monoisotopic (exact) mass is 211 g/mol. The van der Waals surface area contributed by atoms with Crippen molar-refractivity contribution < 1.29 is 9.53 Å². The number of nitrogens with zero attached hydrogens (tertiary/aromatic N) is 2. The molecule has 0 spiro atoms. The molecule has 0 bridgehead atoms. The summed E-state index contributed by atoms with van der Waals surface area (Å²) in [5, 5.41) is 11.1. The van der Waals surface area contributed by atoms with E-state index in [1.807, 2.05) is 6.07 Å². The second-order valence-electron chi connectivity index (χ2n) is 3.46. The van der Waals surface area contributed by atoms with Gasteiger partial charge < -0.3 is 10.1 Å². The Labute approximate surface area is 90.0 Å². The molecule has 1 fully saturated rings. The Balaban J connectivity index is 2.00. The van der Waals surface area contributed by atoms with Crippen molar-refractivity contribution in [1.29, 1.82) is 5.26 Å². The summed E-state index contributed by atoms with van der Waals surface area (Å²) in [7, 11) is 0. The molecule has 5 nitrogen and oxygen atoms in total. The number of hydrogen-bond donors (Lipinski definition) is 1. The summed E-state index contributed by atoms with van der Waals surface area (Å²) in [6.07, 6.45) is 0.600. The Hall–Kier alpha value is -1.12. The van der Waals surface area contributed by atoms with E-state index in [1.165, 1.54) is 0 Å². The van der Waals surface area contributed by atoms with Gasteiger partial charge in [-0.15, -0.1) is 0 Å². The smallest absolute Gasteiger partial charge is 0.221 e. The minimum atomic E-state index is -0.0372. The number of hydrogen-bond acceptors (Lipinski definition) is 4. The maximum atomic E-state index is 11.1. The van der Waals surface area contributed by atoms with Gasteiger partial charge in [0.2, 0.25) is 5.91 Å². The van der Waals surface area contributed by atoms with Crippen molar-refractivity contribution in [3.05, 3.63) is 0 Å². The average molecular weight is 211 g/mol. The highest BCUT2D eigenvalue weighted by atomic mass is 16.5. The first-order chi connectivity index (χ1) is 7.33. The van der Waals surface area contributed by atoms with Gasteiger partial charge in [-0.1, -0.05) is 0 Å². The number of nitriles is 1. The molecule has 5 heteroatoms. The van der Waals surface area contributed by atoms with Crippen LogP contribution in [0.2, 0.25) is 0 Å². The first-order valence-electron chi connectivity index (χ1n) is 5.26. The molecule has 0 radical (unpaired) electrons. The van der Waals surface area contributed by atoms with E-state index in [-0.39, 0.29) is 5.91 Å². The fourth-order valence-electron chi connectivity index (χ4n) is 1.44. The van der Waals surface area contributed by atoms with Gasteiger partial charge in [-0.25, -0.2) is 0 Å². The molecule has 0 atom stereocenters. The van der Waals surface area contributed by atoms with Crippen LogP contribution in [-0.2, 0) is 9.53 Å². The Morgan fingerprint density at radius 1 is 1.47 bits per heavy atom. The van der Waals surface area contributed by atoms with E-state index in [4.69, 9.17) is 10.00 Å². The van der Waals surface area contributed by atoms with Crippen LogP contribution in [0.25, 0.3) is 0 Å². The average Bonchev–Trinajstić information content (AvgIpc) is 2.28. The molecule has 0 saturated carbocycles. The van der Waals surface area contributed by atoms with Crippen LogP contribution in [0.1, 0.15) is 12.8 Å². The van der Waals surface area contributed by atoms with Gasteiger partial charge in [0.1, 0.15) is 0 Å². The Morgan fingerprint density at radius 2 is 2.20 bits per heavy atom. The molecule has 1 aliphatic rings. The van der Waals surface area contributed by atoms with Crippen LogP contribution in [0.5, 0.6) is 0 Å². The van der Waals surface area contributed by atoms with Crippen molar-refractivity contribution in [3.63, 3.8) is 0 Å². The zero-order chi connectivity index (χ0) is 10.9. The maximum Gasteiger partial charge on any atom is 0.221 e. The van der Waals surface area contributed by atoms with E-state index in [9.17, 15) is 4.79 Å². The lowest BCUT2D eigenvalue weighted by atomic mass is 10.3. The van der Waals surface area contributed by atoms with E-state index in [1.54, 1.807) is 0 Å². The Kier molecular flexibility index (Phi) is 5.74. The summed E-state index contributed by atoms with van der Waals surface area (Å²) in [5.41, 5.74) is 0. The highest BCUT2D eigenvalue weighted by Crippen LogP contribution is 1.95.